The Bertz CT molecular complexity index is 969. The number of rotatable bonds is 4. The molecule has 3 aromatic rings. The van der Waals surface area contributed by atoms with Gasteiger partial charge in [-0.1, -0.05) is 12.1 Å². The zero-order valence-electron chi connectivity index (χ0n) is 12.5. The summed E-state index contributed by atoms with van der Waals surface area (Å²) in [6.45, 7) is 0. The molecule has 1 heterocycles. The van der Waals surface area contributed by atoms with Crippen LogP contribution in [0.5, 0.6) is 0 Å². The number of anilines is 1. The summed E-state index contributed by atoms with van der Waals surface area (Å²) in [7, 11) is 0. The number of aryl methyl sites for hydroxylation is 1. The molecule has 0 bridgehead atoms. The van der Waals surface area contributed by atoms with E-state index in [9.17, 15) is 18.4 Å². The summed E-state index contributed by atoms with van der Waals surface area (Å²) >= 11 is 0. The lowest BCUT2D eigenvalue weighted by Gasteiger charge is -2.06. The Labute approximate surface area is 135 Å². The van der Waals surface area contributed by atoms with Gasteiger partial charge in [0, 0.05) is 18.9 Å². The van der Waals surface area contributed by atoms with Crippen molar-refractivity contribution in [3.63, 3.8) is 0 Å². The molecule has 0 fully saturated rings. The van der Waals surface area contributed by atoms with Gasteiger partial charge >= 0.3 is 0 Å². The number of aromatic nitrogens is 2. The number of nitrogens with zero attached hydrogens (tertiary/aromatic N) is 1. The lowest BCUT2D eigenvalue weighted by Crippen LogP contribution is -2.16. The topological polar surface area (TPSA) is 74.8 Å². The first kappa shape index (κ1) is 15.8. The number of H-pyrrole nitrogens is 1. The molecule has 1 amide bonds. The van der Waals surface area contributed by atoms with E-state index in [1.54, 1.807) is 24.3 Å². The van der Waals surface area contributed by atoms with Gasteiger partial charge in [0.05, 0.1) is 16.6 Å². The number of aromatic amines is 1. The van der Waals surface area contributed by atoms with Gasteiger partial charge in [-0.15, -0.1) is 0 Å². The molecule has 24 heavy (non-hydrogen) atoms. The highest BCUT2D eigenvalue weighted by atomic mass is 19.1. The maximum absolute atomic E-state index is 13.5. The molecule has 0 saturated heterocycles. The van der Waals surface area contributed by atoms with E-state index in [0.29, 0.717) is 22.8 Å². The summed E-state index contributed by atoms with van der Waals surface area (Å²) < 4.78 is 26.3. The fourth-order valence-corrected chi connectivity index (χ4v) is 2.29. The number of nitrogens with one attached hydrogen (secondary N) is 2. The first-order chi connectivity index (χ1) is 11.5. The second-order valence-electron chi connectivity index (χ2n) is 5.20. The van der Waals surface area contributed by atoms with Crippen LogP contribution < -0.4 is 10.9 Å². The van der Waals surface area contributed by atoms with Gasteiger partial charge in [0.15, 0.2) is 0 Å². The minimum Gasteiger partial charge on any atom is -0.324 e. The fourth-order valence-electron chi connectivity index (χ4n) is 2.29. The number of hydrogen-bond donors (Lipinski definition) is 2. The molecular weight excluding hydrogens is 316 g/mol. The van der Waals surface area contributed by atoms with Crippen LogP contribution in [0, 0.1) is 11.6 Å². The van der Waals surface area contributed by atoms with Crippen LogP contribution in [0.15, 0.2) is 47.3 Å². The van der Waals surface area contributed by atoms with Crippen molar-refractivity contribution in [3.05, 3.63) is 70.3 Å². The van der Waals surface area contributed by atoms with E-state index in [4.69, 9.17) is 0 Å². The molecule has 0 aliphatic rings. The molecule has 0 saturated carbocycles. The second kappa shape index (κ2) is 6.57. The SMILES string of the molecule is O=C(CCc1nc2ccccc2c(=O)[nH]1)Nc1ccc(F)cc1F. The van der Waals surface area contributed by atoms with Crippen LogP contribution >= 0.6 is 0 Å². The Morgan fingerprint density at radius 3 is 2.75 bits per heavy atom. The predicted octanol–water partition coefficient (Wildman–Crippen LogP) is 2.77. The molecule has 7 heteroatoms. The highest BCUT2D eigenvalue weighted by molar-refractivity contribution is 5.90. The number of carbonyl (C=O) groups is 1. The number of fused-ring (bicyclic) bond motifs is 1. The highest BCUT2D eigenvalue weighted by Gasteiger charge is 2.10. The number of benzene rings is 2. The smallest absolute Gasteiger partial charge is 0.258 e. The molecular formula is C17H13F2N3O2. The molecule has 5 nitrogen and oxygen atoms in total. The Morgan fingerprint density at radius 1 is 1.17 bits per heavy atom. The lowest BCUT2D eigenvalue weighted by molar-refractivity contribution is -0.116. The largest absolute Gasteiger partial charge is 0.324 e. The highest BCUT2D eigenvalue weighted by Crippen LogP contribution is 2.15. The fraction of sp³-hybridized carbons (Fsp3) is 0.118. The van der Waals surface area contributed by atoms with Crippen molar-refractivity contribution >= 4 is 22.5 Å². The van der Waals surface area contributed by atoms with E-state index in [0.717, 1.165) is 12.1 Å². The Kier molecular flexibility index (Phi) is 4.33. The van der Waals surface area contributed by atoms with Gasteiger partial charge in [0.2, 0.25) is 5.91 Å². The monoisotopic (exact) mass is 329 g/mol. The molecule has 0 aliphatic carbocycles. The van der Waals surface area contributed by atoms with Crippen LogP contribution in [0.2, 0.25) is 0 Å². The number of amides is 1. The van der Waals surface area contributed by atoms with Crippen molar-refractivity contribution in [1.82, 2.24) is 9.97 Å². The molecule has 0 unspecified atom stereocenters. The van der Waals surface area contributed by atoms with E-state index in [1.807, 2.05) is 0 Å². The van der Waals surface area contributed by atoms with Crippen molar-refractivity contribution in [1.29, 1.82) is 0 Å². The van der Waals surface area contributed by atoms with Crippen LogP contribution in [0.3, 0.4) is 0 Å². The number of para-hydroxylation sites is 1. The van der Waals surface area contributed by atoms with Gasteiger partial charge in [-0.05, 0) is 24.3 Å². The van der Waals surface area contributed by atoms with Crippen molar-refractivity contribution < 1.29 is 13.6 Å². The van der Waals surface area contributed by atoms with Crippen LogP contribution in [0.4, 0.5) is 14.5 Å². The summed E-state index contributed by atoms with van der Waals surface area (Å²) in [4.78, 5) is 30.7. The Hall–Kier alpha value is -3.09. The Morgan fingerprint density at radius 2 is 1.96 bits per heavy atom. The molecule has 0 atom stereocenters. The third kappa shape index (κ3) is 3.45. The predicted molar refractivity (Wildman–Crippen MR) is 85.7 cm³/mol. The minimum absolute atomic E-state index is 0.00189. The third-order valence-corrected chi connectivity index (χ3v) is 3.46. The first-order valence-corrected chi connectivity index (χ1v) is 7.26. The summed E-state index contributed by atoms with van der Waals surface area (Å²) in [5.74, 6) is -1.66. The lowest BCUT2D eigenvalue weighted by atomic mass is 10.2. The van der Waals surface area contributed by atoms with Crippen molar-refractivity contribution in [2.45, 2.75) is 12.8 Å². The molecule has 122 valence electrons. The maximum Gasteiger partial charge on any atom is 0.258 e. The van der Waals surface area contributed by atoms with Crippen molar-refractivity contribution in [2.24, 2.45) is 0 Å². The molecule has 2 aromatic carbocycles. The average molecular weight is 329 g/mol. The number of hydrogen-bond acceptors (Lipinski definition) is 3. The van der Waals surface area contributed by atoms with Gasteiger partial charge in [-0.3, -0.25) is 9.59 Å². The average Bonchev–Trinajstić information content (AvgIpc) is 2.56. The molecule has 3 rings (SSSR count). The normalized spacial score (nSPS) is 10.8. The van der Waals surface area contributed by atoms with Crippen LogP contribution in [-0.4, -0.2) is 15.9 Å². The Balaban J connectivity index is 1.69. The number of carbonyl (C=O) groups excluding carboxylic acids is 1. The van der Waals surface area contributed by atoms with E-state index in [2.05, 4.69) is 15.3 Å². The molecule has 1 aromatic heterocycles. The van der Waals surface area contributed by atoms with Crippen LogP contribution in [0.25, 0.3) is 10.9 Å². The van der Waals surface area contributed by atoms with Crippen LogP contribution in [0.1, 0.15) is 12.2 Å². The van der Waals surface area contributed by atoms with Gasteiger partial charge in [0.1, 0.15) is 17.5 Å². The van der Waals surface area contributed by atoms with Gasteiger partial charge < -0.3 is 10.3 Å². The first-order valence-electron chi connectivity index (χ1n) is 7.26. The quantitative estimate of drug-likeness (QED) is 0.773. The van der Waals surface area contributed by atoms with Crippen LogP contribution in [-0.2, 0) is 11.2 Å². The van der Waals surface area contributed by atoms with E-state index in [1.165, 1.54) is 0 Å². The third-order valence-electron chi connectivity index (χ3n) is 3.46. The molecule has 0 radical (unpaired) electrons. The number of halogens is 2. The summed E-state index contributed by atoms with van der Waals surface area (Å²) in [6, 6.07) is 9.78. The van der Waals surface area contributed by atoms with E-state index >= 15 is 0 Å². The van der Waals surface area contributed by atoms with Gasteiger partial charge in [0.25, 0.3) is 5.56 Å². The molecule has 0 aliphatic heterocycles. The zero-order valence-corrected chi connectivity index (χ0v) is 12.5. The second-order valence-corrected chi connectivity index (χ2v) is 5.20. The summed E-state index contributed by atoms with van der Waals surface area (Å²) in [5.41, 5.74) is 0.170. The van der Waals surface area contributed by atoms with E-state index in [-0.39, 0.29) is 24.1 Å². The molecule has 2 N–H and O–H groups in total. The van der Waals surface area contributed by atoms with Crippen molar-refractivity contribution in [2.75, 3.05) is 5.32 Å². The van der Waals surface area contributed by atoms with E-state index < -0.39 is 17.5 Å². The summed E-state index contributed by atoms with van der Waals surface area (Å²) in [5, 5.41) is 2.83. The van der Waals surface area contributed by atoms with Crippen molar-refractivity contribution in [3.8, 4) is 0 Å². The van der Waals surface area contributed by atoms with Gasteiger partial charge in [-0.25, -0.2) is 13.8 Å². The summed E-state index contributed by atoms with van der Waals surface area (Å²) in [6.07, 6.45) is 0.187. The molecule has 0 spiro atoms. The maximum atomic E-state index is 13.5. The zero-order chi connectivity index (χ0) is 17.1. The standard InChI is InChI=1S/C17H13F2N3O2/c18-10-5-6-14(12(19)9-10)21-16(23)8-7-15-20-13-4-2-1-3-11(13)17(24)22-15/h1-6,9H,7-8H2,(H,21,23)(H,20,22,24). The minimum atomic E-state index is -0.847. The van der Waals surface area contributed by atoms with Gasteiger partial charge in [-0.2, -0.15) is 0 Å².